The first-order chi connectivity index (χ1) is 19.4. The van der Waals surface area contributed by atoms with Gasteiger partial charge in [0.25, 0.3) is 11.5 Å². The molecule has 2 aromatic heterocycles. The van der Waals surface area contributed by atoms with Gasteiger partial charge in [0.05, 0.1) is 15.2 Å². The first-order valence-electron chi connectivity index (χ1n) is 12.5. The Hall–Kier alpha value is -4.64. The molecule has 5 aromatic rings. The van der Waals surface area contributed by atoms with Crippen LogP contribution in [0.25, 0.3) is 28.7 Å². The van der Waals surface area contributed by atoms with Crippen LogP contribution in [0.2, 0.25) is 5.02 Å². The summed E-state index contributed by atoms with van der Waals surface area (Å²) in [7, 11) is 0. The second kappa shape index (κ2) is 11.6. The van der Waals surface area contributed by atoms with Gasteiger partial charge in [0.15, 0.2) is 5.57 Å². The molecule has 0 aliphatic rings. The second-order valence-corrected chi connectivity index (χ2v) is 10.7. The van der Waals surface area contributed by atoms with Gasteiger partial charge in [-0.15, -0.1) is 11.3 Å². The predicted molar refractivity (Wildman–Crippen MR) is 160 cm³/mol. The largest absolute Gasteiger partial charge is 0.457 e. The third kappa shape index (κ3) is 5.55. The molecule has 0 aliphatic heterocycles. The summed E-state index contributed by atoms with van der Waals surface area (Å²) in [5, 5.41) is 13.4. The summed E-state index contributed by atoms with van der Waals surface area (Å²) in [6.45, 7) is 4.17. The molecule has 0 radical (unpaired) electrons. The zero-order valence-corrected chi connectivity index (χ0v) is 23.3. The highest BCUT2D eigenvalue weighted by Gasteiger charge is 2.18. The number of anilines is 1. The Morgan fingerprint density at radius 1 is 1.00 bits per heavy atom. The van der Waals surface area contributed by atoms with Crippen LogP contribution in [0.1, 0.15) is 31.1 Å². The minimum atomic E-state index is -0.601. The van der Waals surface area contributed by atoms with Crippen molar-refractivity contribution >= 4 is 46.2 Å². The van der Waals surface area contributed by atoms with E-state index in [1.165, 1.54) is 4.57 Å². The van der Waals surface area contributed by atoms with Gasteiger partial charge in [-0.3, -0.25) is 14.2 Å². The highest BCUT2D eigenvalue weighted by molar-refractivity contribution is 7.07. The van der Waals surface area contributed by atoms with Crippen molar-refractivity contribution in [3.8, 4) is 23.1 Å². The molecule has 198 valence electrons. The summed E-state index contributed by atoms with van der Waals surface area (Å²) in [5.74, 6) is 0.746. The number of furan rings is 1. The van der Waals surface area contributed by atoms with Gasteiger partial charge >= 0.3 is 0 Å². The van der Waals surface area contributed by atoms with Crippen molar-refractivity contribution in [2.75, 3.05) is 5.32 Å². The highest BCUT2D eigenvalue weighted by Crippen LogP contribution is 2.29. The minimum Gasteiger partial charge on any atom is -0.457 e. The zero-order valence-electron chi connectivity index (χ0n) is 21.7. The molecule has 5 rings (SSSR count). The van der Waals surface area contributed by atoms with Crippen molar-refractivity contribution in [2.45, 2.75) is 19.8 Å². The van der Waals surface area contributed by atoms with Crippen molar-refractivity contribution in [2.24, 2.45) is 0 Å². The average Bonchev–Trinajstić information content (AvgIpc) is 3.54. The molecule has 0 atom stereocenters. The van der Waals surface area contributed by atoms with Crippen molar-refractivity contribution in [1.29, 1.82) is 5.26 Å². The van der Waals surface area contributed by atoms with Crippen LogP contribution in [-0.4, -0.2) is 10.5 Å². The maximum atomic E-state index is 13.7. The molecule has 2 heterocycles. The smallest absolute Gasteiger partial charge is 0.273 e. The lowest BCUT2D eigenvalue weighted by molar-refractivity contribution is -0.111. The number of nitriles is 1. The summed E-state index contributed by atoms with van der Waals surface area (Å²) < 4.78 is 7.88. The molecule has 0 saturated carbocycles. The number of halogens is 1. The topological polar surface area (TPSA) is 88.0 Å². The first kappa shape index (κ1) is 26.9. The molecule has 0 aliphatic carbocycles. The van der Waals surface area contributed by atoms with Crippen LogP contribution in [0.3, 0.4) is 0 Å². The Kier molecular flexibility index (Phi) is 7.83. The van der Waals surface area contributed by atoms with Gasteiger partial charge in [0.2, 0.25) is 0 Å². The highest BCUT2D eigenvalue weighted by atomic mass is 35.5. The number of rotatable bonds is 6. The molecule has 1 amide bonds. The molecular formula is C32H24ClN3O3S. The van der Waals surface area contributed by atoms with Gasteiger partial charge in [-0.2, -0.15) is 5.26 Å². The summed E-state index contributed by atoms with van der Waals surface area (Å²) >= 11 is 7.36. The molecule has 40 heavy (non-hydrogen) atoms. The molecule has 6 nitrogen and oxygen atoms in total. The van der Waals surface area contributed by atoms with E-state index in [1.807, 2.05) is 42.5 Å². The van der Waals surface area contributed by atoms with Crippen LogP contribution >= 0.6 is 22.9 Å². The van der Waals surface area contributed by atoms with E-state index in [-0.39, 0.29) is 15.8 Å². The number of carbonyl (C=O) groups excluding carboxylic acids is 1. The summed E-state index contributed by atoms with van der Waals surface area (Å²) in [4.78, 5) is 26.9. The summed E-state index contributed by atoms with van der Waals surface area (Å²) in [6.07, 6.45) is 1.60. The van der Waals surface area contributed by atoms with Crippen molar-refractivity contribution in [1.82, 2.24) is 4.57 Å². The Morgan fingerprint density at radius 3 is 2.38 bits per heavy atom. The normalized spacial score (nSPS) is 12.3. The molecule has 1 N–H and O–H groups in total. The number of hydrogen-bond donors (Lipinski definition) is 1. The predicted octanol–water partition coefficient (Wildman–Crippen LogP) is 6.08. The fourth-order valence-electron chi connectivity index (χ4n) is 4.17. The number of benzene rings is 3. The third-order valence-electron chi connectivity index (χ3n) is 6.27. The van der Waals surface area contributed by atoms with Gasteiger partial charge in [0, 0.05) is 17.3 Å². The maximum absolute atomic E-state index is 13.7. The van der Waals surface area contributed by atoms with Crippen LogP contribution in [0.4, 0.5) is 5.69 Å². The van der Waals surface area contributed by atoms with Crippen LogP contribution < -0.4 is 20.1 Å². The van der Waals surface area contributed by atoms with Crippen LogP contribution in [0.15, 0.2) is 100 Å². The van der Waals surface area contributed by atoms with Gasteiger partial charge in [-0.05, 0) is 60.0 Å². The molecular weight excluding hydrogens is 542 g/mol. The van der Waals surface area contributed by atoms with E-state index in [1.54, 1.807) is 60.7 Å². The average molecular weight is 566 g/mol. The number of hydrogen-bond acceptors (Lipinski definition) is 5. The number of amides is 1. The Labute approximate surface area is 239 Å². The van der Waals surface area contributed by atoms with E-state index in [9.17, 15) is 14.9 Å². The van der Waals surface area contributed by atoms with Gasteiger partial charge < -0.3 is 9.73 Å². The maximum Gasteiger partial charge on any atom is 0.273 e. The Bertz CT molecular complexity index is 1910. The summed E-state index contributed by atoms with van der Waals surface area (Å²) in [5.41, 5.74) is 2.42. The van der Waals surface area contributed by atoms with E-state index in [4.69, 9.17) is 16.0 Å². The number of thiazole rings is 1. The van der Waals surface area contributed by atoms with Gasteiger partial charge in [-0.25, -0.2) is 0 Å². The molecule has 0 bridgehead atoms. The van der Waals surface area contributed by atoms with Crippen LogP contribution in [0, 0.1) is 11.3 Å². The SMILES string of the molecule is CC(C)c1ccc(NC(=O)C(C#N)=c2sc(=Cc3ccc(-c4ccccc4Cl)o3)c(=O)n2-c2ccccc2)cc1. The molecule has 3 aromatic carbocycles. The quantitative estimate of drug-likeness (QED) is 0.270. The van der Waals surface area contributed by atoms with E-state index in [0.717, 1.165) is 22.5 Å². The van der Waals surface area contributed by atoms with Crippen molar-refractivity contribution in [3.05, 3.63) is 127 Å². The number of nitrogens with zero attached hydrogens (tertiary/aromatic N) is 2. The molecule has 8 heteroatoms. The first-order valence-corrected chi connectivity index (χ1v) is 13.7. The number of nitrogens with one attached hydrogen (secondary N) is 1. The number of para-hydroxylation sites is 1. The lowest BCUT2D eigenvalue weighted by atomic mass is 10.0. The molecule has 0 saturated heterocycles. The van der Waals surface area contributed by atoms with Crippen molar-refractivity contribution in [3.63, 3.8) is 0 Å². The lowest BCUT2D eigenvalue weighted by Gasteiger charge is -2.08. The van der Waals surface area contributed by atoms with Gasteiger partial charge in [0.1, 0.15) is 22.3 Å². The standard InChI is InChI=1S/C32H24ClN3O3S/c1-20(2)21-12-14-22(15-13-21)35-30(37)26(19-34)32-36(23-8-4-3-5-9-23)31(38)29(40-32)18-24-16-17-28(39-24)25-10-6-7-11-27(25)33/h3-18,20H,1-2H3,(H,35,37). The van der Waals surface area contributed by atoms with Crippen molar-refractivity contribution < 1.29 is 9.21 Å². The van der Waals surface area contributed by atoms with E-state index >= 15 is 0 Å². The second-order valence-electron chi connectivity index (χ2n) is 9.29. The lowest BCUT2D eigenvalue weighted by Crippen LogP contribution is -2.32. The number of carbonyl (C=O) groups is 1. The fourth-order valence-corrected chi connectivity index (χ4v) is 5.48. The monoisotopic (exact) mass is 565 g/mol. The van der Waals surface area contributed by atoms with E-state index in [0.29, 0.717) is 38.4 Å². The number of aromatic nitrogens is 1. The molecule has 0 fully saturated rings. The third-order valence-corrected chi connectivity index (χ3v) is 7.69. The molecule has 0 spiro atoms. The van der Waals surface area contributed by atoms with Gasteiger partial charge in [-0.1, -0.05) is 67.9 Å². The van der Waals surface area contributed by atoms with E-state index in [2.05, 4.69) is 19.2 Å². The Balaban J connectivity index is 1.62. The van der Waals surface area contributed by atoms with E-state index < -0.39 is 5.91 Å². The fraction of sp³-hybridized carbons (Fsp3) is 0.0938. The van der Waals surface area contributed by atoms with Crippen LogP contribution in [0.5, 0.6) is 0 Å². The van der Waals surface area contributed by atoms with Crippen LogP contribution in [-0.2, 0) is 4.79 Å². The molecule has 0 unspecified atom stereocenters. The Morgan fingerprint density at radius 2 is 1.70 bits per heavy atom. The summed E-state index contributed by atoms with van der Waals surface area (Å²) in [6, 6.07) is 29.2. The zero-order chi connectivity index (χ0) is 28.2. The minimum absolute atomic E-state index is 0.172.